The van der Waals surface area contributed by atoms with Crippen molar-refractivity contribution >= 4 is 38.4 Å². The molecule has 138 valence electrons. The number of para-hydroxylation sites is 2. The van der Waals surface area contributed by atoms with E-state index in [9.17, 15) is 4.79 Å². The van der Waals surface area contributed by atoms with Crippen LogP contribution in [0.3, 0.4) is 0 Å². The van der Waals surface area contributed by atoms with Crippen molar-refractivity contribution in [2.75, 3.05) is 6.54 Å². The molecule has 0 aliphatic rings. The summed E-state index contributed by atoms with van der Waals surface area (Å²) in [5, 5.41) is 5.41. The summed E-state index contributed by atoms with van der Waals surface area (Å²) in [5.74, 6) is 0.133. The van der Waals surface area contributed by atoms with Crippen LogP contribution >= 0.6 is 11.3 Å². The quantitative estimate of drug-likeness (QED) is 0.449. The fourth-order valence-corrected chi connectivity index (χ4v) is 4.34. The molecule has 0 unspecified atom stereocenters. The third-order valence-electron chi connectivity index (χ3n) is 4.71. The first-order valence-corrected chi connectivity index (χ1v) is 10.3. The third kappa shape index (κ3) is 4.37. The van der Waals surface area contributed by atoms with Gasteiger partial charge in [0.15, 0.2) is 0 Å². The van der Waals surface area contributed by atoms with Gasteiger partial charge in [-0.3, -0.25) is 4.79 Å². The van der Waals surface area contributed by atoms with Crippen molar-refractivity contribution in [2.24, 2.45) is 0 Å². The molecule has 27 heavy (non-hydrogen) atoms. The van der Waals surface area contributed by atoms with Gasteiger partial charge < -0.3 is 9.88 Å². The van der Waals surface area contributed by atoms with Gasteiger partial charge in [-0.05, 0) is 48.9 Å². The monoisotopic (exact) mass is 377 g/mol. The average Bonchev–Trinajstić information content (AvgIpc) is 3.29. The zero-order valence-corrected chi connectivity index (χ0v) is 16.0. The SMILES string of the molecule is O=C(CCCc1nc2ccccc2s1)NCCCn1ccc2ccccc21. The molecule has 1 amide bonds. The molecule has 0 radical (unpaired) electrons. The Balaban J connectivity index is 1.16. The number of hydrogen-bond acceptors (Lipinski definition) is 3. The van der Waals surface area contributed by atoms with Crippen LogP contribution in [0.2, 0.25) is 0 Å². The van der Waals surface area contributed by atoms with Crippen LogP contribution in [0.15, 0.2) is 60.8 Å². The Labute approximate surface area is 162 Å². The largest absolute Gasteiger partial charge is 0.356 e. The molecule has 5 heteroatoms. The number of rotatable bonds is 8. The lowest BCUT2D eigenvalue weighted by molar-refractivity contribution is -0.121. The summed E-state index contributed by atoms with van der Waals surface area (Å²) in [6, 6.07) is 18.7. The summed E-state index contributed by atoms with van der Waals surface area (Å²) in [6.07, 6.45) is 5.31. The van der Waals surface area contributed by atoms with E-state index in [1.165, 1.54) is 15.6 Å². The fourth-order valence-electron chi connectivity index (χ4n) is 3.33. The van der Waals surface area contributed by atoms with E-state index in [0.717, 1.165) is 36.3 Å². The molecule has 4 aromatic rings. The standard InChI is InChI=1S/C22H23N3OS/c26-21(11-5-12-22-24-18-8-2-4-10-20(18)27-22)23-14-6-15-25-16-13-17-7-1-3-9-19(17)25/h1-4,7-10,13,16H,5-6,11-12,14-15H2,(H,23,26). The van der Waals surface area contributed by atoms with E-state index in [1.54, 1.807) is 11.3 Å². The Morgan fingerprint density at radius 2 is 1.89 bits per heavy atom. The van der Waals surface area contributed by atoms with Crippen molar-refractivity contribution < 1.29 is 4.79 Å². The summed E-state index contributed by atoms with van der Waals surface area (Å²) < 4.78 is 3.46. The first-order chi connectivity index (χ1) is 13.3. The zero-order valence-electron chi connectivity index (χ0n) is 15.2. The molecule has 0 atom stereocenters. The van der Waals surface area contributed by atoms with Crippen molar-refractivity contribution in [3.63, 3.8) is 0 Å². The Hall–Kier alpha value is -2.66. The van der Waals surface area contributed by atoms with E-state index in [4.69, 9.17) is 0 Å². The summed E-state index contributed by atoms with van der Waals surface area (Å²) in [6.45, 7) is 1.63. The van der Waals surface area contributed by atoms with E-state index in [1.807, 2.05) is 18.2 Å². The van der Waals surface area contributed by atoms with Crippen molar-refractivity contribution in [1.29, 1.82) is 0 Å². The normalized spacial score (nSPS) is 11.3. The molecule has 0 saturated carbocycles. The van der Waals surface area contributed by atoms with Crippen LogP contribution in [0.1, 0.15) is 24.3 Å². The summed E-state index contributed by atoms with van der Waals surface area (Å²) in [4.78, 5) is 16.7. The molecule has 2 aromatic heterocycles. The van der Waals surface area contributed by atoms with Crippen LogP contribution in [0, 0.1) is 0 Å². The van der Waals surface area contributed by atoms with Crippen LogP contribution in [0.4, 0.5) is 0 Å². The Morgan fingerprint density at radius 1 is 1.04 bits per heavy atom. The highest BCUT2D eigenvalue weighted by Gasteiger charge is 2.06. The molecular weight excluding hydrogens is 354 g/mol. The highest BCUT2D eigenvalue weighted by atomic mass is 32.1. The van der Waals surface area contributed by atoms with Crippen LogP contribution in [-0.4, -0.2) is 22.0 Å². The third-order valence-corrected chi connectivity index (χ3v) is 5.81. The van der Waals surface area contributed by atoms with Gasteiger partial charge in [0.2, 0.25) is 5.91 Å². The molecule has 0 bridgehead atoms. The van der Waals surface area contributed by atoms with Gasteiger partial charge in [-0.2, -0.15) is 0 Å². The highest BCUT2D eigenvalue weighted by molar-refractivity contribution is 7.18. The predicted octanol–water partition coefficient (Wildman–Crippen LogP) is 4.78. The number of carbonyl (C=O) groups is 1. The fraction of sp³-hybridized carbons (Fsp3) is 0.273. The van der Waals surface area contributed by atoms with E-state index in [0.29, 0.717) is 13.0 Å². The van der Waals surface area contributed by atoms with Gasteiger partial charge in [0.05, 0.1) is 15.2 Å². The lowest BCUT2D eigenvalue weighted by Gasteiger charge is -2.07. The van der Waals surface area contributed by atoms with Gasteiger partial charge in [0, 0.05) is 31.2 Å². The lowest BCUT2D eigenvalue weighted by Crippen LogP contribution is -2.25. The molecule has 0 spiro atoms. The minimum Gasteiger partial charge on any atom is -0.356 e. The summed E-state index contributed by atoms with van der Waals surface area (Å²) in [5.41, 5.74) is 2.30. The molecule has 0 fully saturated rings. The maximum absolute atomic E-state index is 12.0. The lowest BCUT2D eigenvalue weighted by atomic mass is 10.2. The van der Waals surface area contributed by atoms with E-state index >= 15 is 0 Å². The van der Waals surface area contributed by atoms with Gasteiger partial charge in [-0.25, -0.2) is 4.98 Å². The maximum atomic E-state index is 12.0. The number of carbonyl (C=O) groups excluding carboxylic acids is 1. The molecular formula is C22H23N3OS. The van der Waals surface area contributed by atoms with Gasteiger partial charge in [0.25, 0.3) is 0 Å². The Bertz CT molecular complexity index is 1020. The summed E-state index contributed by atoms with van der Waals surface area (Å²) in [7, 11) is 0. The molecule has 4 rings (SSSR count). The van der Waals surface area contributed by atoms with Crippen molar-refractivity contribution in [3.8, 4) is 0 Å². The number of aryl methyl sites for hydroxylation is 2. The molecule has 0 aliphatic heterocycles. The molecule has 2 aromatic carbocycles. The minimum atomic E-state index is 0.133. The minimum absolute atomic E-state index is 0.133. The van der Waals surface area contributed by atoms with Gasteiger partial charge in [0.1, 0.15) is 0 Å². The second kappa shape index (κ2) is 8.35. The number of amides is 1. The molecule has 2 heterocycles. The topological polar surface area (TPSA) is 46.9 Å². The van der Waals surface area contributed by atoms with Crippen molar-refractivity contribution in [1.82, 2.24) is 14.9 Å². The average molecular weight is 378 g/mol. The zero-order chi connectivity index (χ0) is 18.5. The number of fused-ring (bicyclic) bond motifs is 2. The summed E-state index contributed by atoms with van der Waals surface area (Å²) >= 11 is 1.72. The van der Waals surface area contributed by atoms with Gasteiger partial charge in [-0.1, -0.05) is 30.3 Å². The first-order valence-electron chi connectivity index (χ1n) is 9.44. The molecule has 1 N–H and O–H groups in total. The Morgan fingerprint density at radius 3 is 2.81 bits per heavy atom. The molecule has 0 saturated heterocycles. The number of hydrogen-bond donors (Lipinski definition) is 1. The van der Waals surface area contributed by atoms with Crippen LogP contribution in [0.25, 0.3) is 21.1 Å². The van der Waals surface area contributed by atoms with Gasteiger partial charge >= 0.3 is 0 Å². The second-order valence-corrected chi connectivity index (χ2v) is 7.82. The number of aromatic nitrogens is 2. The van der Waals surface area contributed by atoms with Crippen molar-refractivity contribution in [3.05, 3.63) is 65.8 Å². The number of nitrogens with zero attached hydrogens (tertiary/aromatic N) is 2. The van der Waals surface area contributed by atoms with E-state index < -0.39 is 0 Å². The van der Waals surface area contributed by atoms with Crippen LogP contribution in [-0.2, 0) is 17.8 Å². The number of nitrogens with one attached hydrogen (secondary N) is 1. The smallest absolute Gasteiger partial charge is 0.220 e. The molecule has 0 aliphatic carbocycles. The Kier molecular flexibility index (Phi) is 5.49. The van der Waals surface area contributed by atoms with E-state index in [-0.39, 0.29) is 5.91 Å². The number of benzene rings is 2. The van der Waals surface area contributed by atoms with Crippen LogP contribution in [0.5, 0.6) is 0 Å². The van der Waals surface area contributed by atoms with E-state index in [2.05, 4.69) is 57.5 Å². The van der Waals surface area contributed by atoms with Crippen molar-refractivity contribution in [2.45, 2.75) is 32.2 Å². The highest BCUT2D eigenvalue weighted by Crippen LogP contribution is 2.22. The number of thiazole rings is 1. The first kappa shape index (κ1) is 17.7. The molecule has 4 nitrogen and oxygen atoms in total. The predicted molar refractivity (Wildman–Crippen MR) is 112 cm³/mol. The van der Waals surface area contributed by atoms with Crippen LogP contribution < -0.4 is 5.32 Å². The van der Waals surface area contributed by atoms with Gasteiger partial charge in [-0.15, -0.1) is 11.3 Å². The second-order valence-electron chi connectivity index (χ2n) is 6.70. The maximum Gasteiger partial charge on any atom is 0.220 e.